The van der Waals surface area contributed by atoms with Crippen molar-refractivity contribution in [2.45, 2.75) is 23.2 Å². The summed E-state index contributed by atoms with van der Waals surface area (Å²) in [5.74, 6) is -1.70. The van der Waals surface area contributed by atoms with Crippen LogP contribution >= 0.6 is 11.8 Å². The average molecular weight is 269 g/mol. The highest BCUT2D eigenvalue weighted by Gasteiger charge is 2.16. The van der Waals surface area contributed by atoms with Crippen LogP contribution in [0.5, 0.6) is 0 Å². The number of benzene rings is 1. The van der Waals surface area contributed by atoms with Crippen LogP contribution in [0.2, 0.25) is 0 Å². The summed E-state index contributed by atoms with van der Waals surface area (Å²) in [6, 6.07) is 2.29. The first-order chi connectivity index (χ1) is 8.72. The summed E-state index contributed by atoms with van der Waals surface area (Å²) in [7, 11) is 0. The SMILES string of the molecule is Fc1cc2nc(SC3CCNCC3)[nH]c2cc1F. The molecule has 0 radical (unpaired) electrons. The molecule has 1 aromatic heterocycles. The monoisotopic (exact) mass is 269 g/mol. The first-order valence-corrected chi connectivity index (χ1v) is 6.82. The van der Waals surface area contributed by atoms with Gasteiger partial charge < -0.3 is 10.3 Å². The Morgan fingerprint density at radius 2 is 1.89 bits per heavy atom. The van der Waals surface area contributed by atoms with Crippen LogP contribution in [0.1, 0.15) is 12.8 Å². The van der Waals surface area contributed by atoms with E-state index in [1.54, 1.807) is 11.8 Å². The Balaban J connectivity index is 1.84. The van der Waals surface area contributed by atoms with Gasteiger partial charge in [-0.05, 0) is 25.9 Å². The highest BCUT2D eigenvalue weighted by atomic mass is 32.2. The van der Waals surface area contributed by atoms with Crippen LogP contribution in [0, 0.1) is 11.6 Å². The molecule has 2 heterocycles. The van der Waals surface area contributed by atoms with Crippen molar-refractivity contribution in [2.24, 2.45) is 0 Å². The van der Waals surface area contributed by atoms with Crippen LogP contribution in [0.25, 0.3) is 11.0 Å². The number of thioether (sulfide) groups is 1. The number of nitrogens with zero attached hydrogens (tertiary/aromatic N) is 1. The van der Waals surface area contributed by atoms with E-state index in [1.807, 2.05) is 0 Å². The Hall–Kier alpha value is -1.14. The summed E-state index contributed by atoms with van der Waals surface area (Å²) < 4.78 is 26.2. The van der Waals surface area contributed by atoms with Gasteiger partial charge in [0.1, 0.15) is 0 Å². The largest absolute Gasteiger partial charge is 0.333 e. The fraction of sp³-hybridized carbons (Fsp3) is 0.417. The second-order valence-electron chi connectivity index (χ2n) is 4.39. The van der Waals surface area contributed by atoms with Gasteiger partial charge in [0.15, 0.2) is 16.8 Å². The van der Waals surface area contributed by atoms with Gasteiger partial charge >= 0.3 is 0 Å². The second-order valence-corrected chi connectivity index (χ2v) is 5.68. The van der Waals surface area contributed by atoms with Gasteiger partial charge in [0.25, 0.3) is 0 Å². The van der Waals surface area contributed by atoms with Crippen molar-refractivity contribution >= 4 is 22.8 Å². The topological polar surface area (TPSA) is 40.7 Å². The average Bonchev–Trinajstić information content (AvgIpc) is 2.72. The van der Waals surface area contributed by atoms with Crippen LogP contribution in [0.15, 0.2) is 17.3 Å². The number of hydrogen-bond acceptors (Lipinski definition) is 3. The smallest absolute Gasteiger partial charge is 0.166 e. The lowest BCUT2D eigenvalue weighted by Crippen LogP contribution is -2.29. The van der Waals surface area contributed by atoms with Gasteiger partial charge in [0.05, 0.1) is 11.0 Å². The van der Waals surface area contributed by atoms with E-state index in [2.05, 4.69) is 15.3 Å². The number of fused-ring (bicyclic) bond motifs is 1. The van der Waals surface area contributed by atoms with Crippen molar-refractivity contribution in [1.29, 1.82) is 0 Å². The predicted molar refractivity (Wildman–Crippen MR) is 67.8 cm³/mol. The van der Waals surface area contributed by atoms with Crippen molar-refractivity contribution < 1.29 is 8.78 Å². The highest BCUT2D eigenvalue weighted by molar-refractivity contribution is 7.99. The molecule has 0 amide bonds. The molecule has 1 aromatic carbocycles. The van der Waals surface area contributed by atoms with Crippen LogP contribution < -0.4 is 5.32 Å². The molecular formula is C12H13F2N3S. The van der Waals surface area contributed by atoms with E-state index in [1.165, 1.54) is 0 Å². The van der Waals surface area contributed by atoms with E-state index in [-0.39, 0.29) is 0 Å². The lowest BCUT2D eigenvalue weighted by Gasteiger charge is -2.20. The Kier molecular flexibility index (Phi) is 3.22. The summed E-state index contributed by atoms with van der Waals surface area (Å²) in [6.45, 7) is 2.03. The molecule has 2 N–H and O–H groups in total. The molecule has 0 aliphatic carbocycles. The molecule has 0 unspecified atom stereocenters. The molecule has 1 aliphatic rings. The van der Waals surface area contributed by atoms with Crippen molar-refractivity contribution in [3.63, 3.8) is 0 Å². The lowest BCUT2D eigenvalue weighted by atomic mass is 10.2. The first-order valence-electron chi connectivity index (χ1n) is 5.94. The molecule has 1 saturated heterocycles. The van der Waals surface area contributed by atoms with Crippen LogP contribution in [0.3, 0.4) is 0 Å². The molecular weight excluding hydrogens is 256 g/mol. The van der Waals surface area contributed by atoms with Crippen molar-refractivity contribution in [3.05, 3.63) is 23.8 Å². The molecule has 1 fully saturated rings. The number of aromatic nitrogens is 2. The van der Waals surface area contributed by atoms with Gasteiger partial charge in [0, 0.05) is 17.4 Å². The molecule has 6 heteroatoms. The number of rotatable bonds is 2. The molecule has 0 atom stereocenters. The van der Waals surface area contributed by atoms with E-state index in [9.17, 15) is 8.78 Å². The van der Waals surface area contributed by atoms with Gasteiger partial charge in [-0.15, -0.1) is 0 Å². The molecule has 1 aliphatic heterocycles. The Labute approximate surface area is 107 Å². The van der Waals surface area contributed by atoms with Crippen molar-refractivity contribution in [1.82, 2.24) is 15.3 Å². The van der Waals surface area contributed by atoms with Crippen LogP contribution in [-0.2, 0) is 0 Å². The number of nitrogens with one attached hydrogen (secondary N) is 2. The Bertz CT molecular complexity index is 525. The molecule has 3 nitrogen and oxygen atoms in total. The first kappa shape index (κ1) is 11.9. The minimum atomic E-state index is -0.854. The predicted octanol–water partition coefficient (Wildman–Crippen LogP) is 2.69. The third kappa shape index (κ3) is 2.35. The summed E-state index contributed by atoms with van der Waals surface area (Å²) in [5, 5.41) is 4.55. The molecule has 0 bridgehead atoms. The van der Waals surface area contributed by atoms with Gasteiger partial charge in [-0.1, -0.05) is 11.8 Å². The summed E-state index contributed by atoms with van der Waals surface area (Å²) in [5.41, 5.74) is 1.02. The lowest BCUT2D eigenvalue weighted by molar-refractivity contribution is 0.510. The van der Waals surface area contributed by atoms with Gasteiger partial charge in [-0.2, -0.15) is 0 Å². The Morgan fingerprint density at radius 3 is 2.67 bits per heavy atom. The Morgan fingerprint density at radius 1 is 1.17 bits per heavy atom. The normalized spacial score (nSPS) is 17.4. The van der Waals surface area contributed by atoms with Gasteiger partial charge in [-0.3, -0.25) is 0 Å². The van der Waals surface area contributed by atoms with E-state index < -0.39 is 11.6 Å². The quantitative estimate of drug-likeness (QED) is 0.880. The molecule has 96 valence electrons. The fourth-order valence-electron chi connectivity index (χ4n) is 2.11. The maximum atomic E-state index is 13.1. The minimum absolute atomic E-state index is 0.477. The maximum absolute atomic E-state index is 13.1. The second kappa shape index (κ2) is 4.85. The highest BCUT2D eigenvalue weighted by Crippen LogP contribution is 2.28. The fourth-order valence-corrected chi connectivity index (χ4v) is 3.22. The number of imidazole rings is 1. The standard InChI is InChI=1S/C12H13F2N3S/c13-8-5-10-11(6-9(8)14)17-12(16-10)18-7-1-3-15-4-2-7/h5-7,15H,1-4H2,(H,16,17). The molecule has 0 saturated carbocycles. The van der Waals surface area contributed by atoms with Crippen LogP contribution in [0.4, 0.5) is 8.78 Å². The molecule has 0 spiro atoms. The van der Waals surface area contributed by atoms with E-state index in [4.69, 9.17) is 0 Å². The third-order valence-electron chi connectivity index (χ3n) is 3.07. The molecule has 3 rings (SSSR count). The number of piperidine rings is 1. The van der Waals surface area contributed by atoms with E-state index in [0.717, 1.165) is 43.2 Å². The number of halogens is 2. The minimum Gasteiger partial charge on any atom is -0.333 e. The van der Waals surface area contributed by atoms with Gasteiger partial charge in [-0.25, -0.2) is 13.8 Å². The number of hydrogen-bond donors (Lipinski definition) is 2. The zero-order valence-corrected chi connectivity index (χ0v) is 10.5. The number of aromatic amines is 1. The van der Waals surface area contributed by atoms with Crippen LogP contribution in [-0.4, -0.2) is 28.3 Å². The third-order valence-corrected chi connectivity index (χ3v) is 4.29. The molecule has 2 aromatic rings. The summed E-state index contributed by atoms with van der Waals surface area (Å²) in [4.78, 5) is 7.32. The van der Waals surface area contributed by atoms with E-state index >= 15 is 0 Å². The summed E-state index contributed by atoms with van der Waals surface area (Å²) in [6.07, 6.45) is 2.18. The van der Waals surface area contributed by atoms with Gasteiger partial charge in [0.2, 0.25) is 0 Å². The van der Waals surface area contributed by atoms with E-state index in [0.29, 0.717) is 16.3 Å². The molecule has 18 heavy (non-hydrogen) atoms. The zero-order valence-electron chi connectivity index (χ0n) is 9.67. The summed E-state index contributed by atoms with van der Waals surface area (Å²) >= 11 is 1.65. The maximum Gasteiger partial charge on any atom is 0.166 e. The zero-order chi connectivity index (χ0) is 12.5. The number of H-pyrrole nitrogens is 1. The van der Waals surface area contributed by atoms with Crippen molar-refractivity contribution in [2.75, 3.05) is 13.1 Å². The van der Waals surface area contributed by atoms with Crippen molar-refractivity contribution in [3.8, 4) is 0 Å².